The predicted molar refractivity (Wildman–Crippen MR) is 90.0 cm³/mol. The van der Waals surface area contributed by atoms with Crippen molar-refractivity contribution in [3.05, 3.63) is 59.8 Å². The summed E-state index contributed by atoms with van der Waals surface area (Å²) in [6.07, 6.45) is 6.09. The third-order valence-electron chi connectivity index (χ3n) is 3.42. The molecule has 0 spiro atoms. The molecule has 0 aliphatic rings. The maximum absolute atomic E-state index is 4.56. The Hall–Kier alpha value is -2.15. The van der Waals surface area contributed by atoms with E-state index in [9.17, 15) is 0 Å². The summed E-state index contributed by atoms with van der Waals surface area (Å²) in [5, 5.41) is 3.82. The average Bonchev–Trinajstić information content (AvgIpc) is 2.53. The van der Waals surface area contributed by atoms with Gasteiger partial charge in [0.25, 0.3) is 0 Å². The number of benzene rings is 2. The summed E-state index contributed by atoms with van der Waals surface area (Å²) < 4.78 is 0. The zero-order valence-corrected chi connectivity index (χ0v) is 12.6. The van der Waals surface area contributed by atoms with Crippen LogP contribution in [0.4, 0.5) is 0 Å². The molecule has 3 rings (SSSR count). The zero-order valence-electron chi connectivity index (χ0n) is 12.6. The van der Waals surface area contributed by atoms with Gasteiger partial charge in [-0.2, -0.15) is 0 Å². The molecule has 1 heterocycles. The maximum Gasteiger partial charge on any atom is 0.0783 e. The first-order valence-corrected chi connectivity index (χ1v) is 7.21. The van der Waals surface area contributed by atoms with Crippen molar-refractivity contribution in [3.8, 4) is 0 Å². The van der Waals surface area contributed by atoms with Gasteiger partial charge in [-0.1, -0.05) is 56.3 Å². The summed E-state index contributed by atoms with van der Waals surface area (Å²) in [4.78, 5) is 4.56. The van der Waals surface area contributed by atoms with E-state index in [4.69, 9.17) is 0 Å². The molecule has 3 aromatic rings. The van der Waals surface area contributed by atoms with Crippen LogP contribution in [0.25, 0.3) is 27.8 Å². The number of nitrogens with zero attached hydrogens (tertiary/aromatic N) is 1. The molecule has 0 saturated heterocycles. The number of rotatable bonds is 1. The van der Waals surface area contributed by atoms with Crippen LogP contribution < -0.4 is 0 Å². The van der Waals surface area contributed by atoms with E-state index in [1.807, 2.05) is 33.0 Å². The van der Waals surface area contributed by atoms with Crippen LogP contribution in [0.2, 0.25) is 0 Å². The Morgan fingerprint density at radius 1 is 0.900 bits per heavy atom. The summed E-state index contributed by atoms with van der Waals surface area (Å²) in [6, 6.07) is 12.7. The van der Waals surface area contributed by atoms with Crippen molar-refractivity contribution in [3.63, 3.8) is 0 Å². The van der Waals surface area contributed by atoms with Gasteiger partial charge in [0, 0.05) is 17.1 Å². The Kier molecular flexibility index (Phi) is 4.52. The van der Waals surface area contributed by atoms with Crippen molar-refractivity contribution in [1.82, 2.24) is 4.98 Å². The van der Waals surface area contributed by atoms with Gasteiger partial charge in [-0.25, -0.2) is 0 Å². The summed E-state index contributed by atoms with van der Waals surface area (Å²) in [5.74, 6) is 0. The molecule has 0 saturated carbocycles. The molecule has 1 aromatic heterocycles. The average molecular weight is 263 g/mol. The Bertz CT molecular complexity index is 754. The van der Waals surface area contributed by atoms with Crippen molar-refractivity contribution in [2.45, 2.75) is 27.7 Å². The highest BCUT2D eigenvalue weighted by Gasteiger charge is 2.09. The first-order valence-electron chi connectivity index (χ1n) is 7.21. The molecule has 0 atom stereocenters. The molecule has 0 unspecified atom stereocenters. The maximum atomic E-state index is 4.56. The van der Waals surface area contributed by atoms with Gasteiger partial charge >= 0.3 is 0 Å². The van der Waals surface area contributed by atoms with Crippen molar-refractivity contribution in [2.75, 3.05) is 0 Å². The molecule has 0 aliphatic heterocycles. The molecule has 1 heteroatoms. The van der Waals surface area contributed by atoms with Gasteiger partial charge in [0.05, 0.1) is 5.52 Å². The lowest BCUT2D eigenvalue weighted by molar-refractivity contribution is 1.39. The van der Waals surface area contributed by atoms with Gasteiger partial charge < -0.3 is 0 Å². The quantitative estimate of drug-likeness (QED) is 0.509. The van der Waals surface area contributed by atoms with Gasteiger partial charge in [0.2, 0.25) is 0 Å². The fourth-order valence-electron chi connectivity index (χ4n) is 2.58. The van der Waals surface area contributed by atoms with Crippen LogP contribution in [0.1, 0.15) is 31.9 Å². The van der Waals surface area contributed by atoms with E-state index in [1.54, 1.807) is 0 Å². The summed E-state index contributed by atoms with van der Waals surface area (Å²) in [5.41, 5.74) is 3.62. The summed E-state index contributed by atoms with van der Waals surface area (Å²) >= 11 is 0. The lowest BCUT2D eigenvalue weighted by Crippen LogP contribution is -1.90. The number of allylic oxidation sites excluding steroid dienone is 1. The molecule has 0 N–H and O–H groups in total. The highest BCUT2D eigenvalue weighted by Crippen LogP contribution is 2.31. The molecule has 20 heavy (non-hydrogen) atoms. The highest BCUT2D eigenvalue weighted by atomic mass is 14.6. The second-order valence-corrected chi connectivity index (χ2v) is 4.48. The summed E-state index contributed by atoms with van der Waals surface area (Å²) in [7, 11) is 0. The number of fused-ring (bicyclic) bond motifs is 3. The topological polar surface area (TPSA) is 12.9 Å². The van der Waals surface area contributed by atoms with Gasteiger partial charge in [-0.15, -0.1) is 0 Å². The van der Waals surface area contributed by atoms with E-state index in [2.05, 4.69) is 54.4 Å². The molecule has 2 aromatic carbocycles. The van der Waals surface area contributed by atoms with E-state index < -0.39 is 0 Å². The molecule has 0 amide bonds. The Labute approximate surface area is 121 Å². The predicted octanol–water partition coefficient (Wildman–Crippen LogP) is 5.76. The van der Waals surface area contributed by atoms with Crippen LogP contribution in [0, 0.1) is 6.92 Å². The molecule has 0 radical (unpaired) electrons. The zero-order chi connectivity index (χ0) is 14.5. The van der Waals surface area contributed by atoms with Crippen molar-refractivity contribution in [2.24, 2.45) is 0 Å². The summed E-state index contributed by atoms with van der Waals surface area (Å²) in [6.45, 7) is 8.22. The first kappa shape index (κ1) is 14.3. The van der Waals surface area contributed by atoms with Crippen LogP contribution in [0.15, 0.2) is 48.7 Å². The first-order chi connectivity index (χ1) is 9.83. The smallest absolute Gasteiger partial charge is 0.0783 e. The van der Waals surface area contributed by atoms with Gasteiger partial charge in [-0.05, 0) is 36.2 Å². The normalized spacial score (nSPS) is 10.8. The number of hydrogen-bond donors (Lipinski definition) is 0. The van der Waals surface area contributed by atoms with Crippen molar-refractivity contribution in [1.29, 1.82) is 0 Å². The molecule has 0 aliphatic carbocycles. The monoisotopic (exact) mass is 263 g/mol. The fraction of sp³-hybridized carbons (Fsp3) is 0.211. The fourth-order valence-corrected chi connectivity index (χ4v) is 2.58. The highest BCUT2D eigenvalue weighted by molar-refractivity contribution is 6.11. The minimum absolute atomic E-state index is 1.09. The molecule has 1 nitrogen and oxygen atoms in total. The number of aromatic nitrogens is 1. The second-order valence-electron chi connectivity index (χ2n) is 4.48. The van der Waals surface area contributed by atoms with Crippen LogP contribution in [0.3, 0.4) is 0 Å². The second kappa shape index (κ2) is 6.33. The Morgan fingerprint density at radius 2 is 1.55 bits per heavy atom. The van der Waals surface area contributed by atoms with Gasteiger partial charge in [0.15, 0.2) is 0 Å². The molecular formula is C19H21N. The standard InChI is InChI=1S/C17H15N.C2H6/c1-3-7-14-12(2)13-8-4-5-9-15(13)16-10-6-11-18-17(14)16;1-2/h3-11H,1-2H3;1-2H3/b7-3-;. The lowest BCUT2D eigenvalue weighted by Gasteiger charge is -2.11. The van der Waals surface area contributed by atoms with E-state index in [-0.39, 0.29) is 0 Å². The SMILES string of the molecule is C/C=C\c1c(C)c2ccccc2c2cccnc12.CC. The van der Waals surface area contributed by atoms with E-state index in [0.717, 1.165) is 5.52 Å². The van der Waals surface area contributed by atoms with E-state index >= 15 is 0 Å². The van der Waals surface area contributed by atoms with E-state index in [1.165, 1.54) is 27.3 Å². The van der Waals surface area contributed by atoms with Crippen molar-refractivity contribution < 1.29 is 0 Å². The van der Waals surface area contributed by atoms with Gasteiger partial charge in [-0.3, -0.25) is 4.98 Å². The van der Waals surface area contributed by atoms with Crippen molar-refractivity contribution >= 4 is 27.8 Å². The lowest BCUT2D eigenvalue weighted by atomic mass is 9.95. The number of aryl methyl sites for hydroxylation is 1. The van der Waals surface area contributed by atoms with Crippen LogP contribution in [-0.4, -0.2) is 4.98 Å². The number of pyridine rings is 1. The van der Waals surface area contributed by atoms with E-state index in [0.29, 0.717) is 0 Å². The van der Waals surface area contributed by atoms with Gasteiger partial charge in [0.1, 0.15) is 0 Å². The van der Waals surface area contributed by atoms with Crippen LogP contribution in [-0.2, 0) is 0 Å². The van der Waals surface area contributed by atoms with Crippen LogP contribution in [0.5, 0.6) is 0 Å². The molecule has 0 bridgehead atoms. The third kappa shape index (κ3) is 2.32. The number of hydrogen-bond acceptors (Lipinski definition) is 1. The minimum atomic E-state index is 1.09. The largest absolute Gasteiger partial charge is 0.256 e. The Balaban J connectivity index is 0.000000704. The third-order valence-corrected chi connectivity index (χ3v) is 3.42. The minimum Gasteiger partial charge on any atom is -0.256 e. The molecular weight excluding hydrogens is 242 g/mol. The molecule has 0 fully saturated rings. The van der Waals surface area contributed by atoms with Crippen LogP contribution >= 0.6 is 0 Å². The Morgan fingerprint density at radius 3 is 2.25 bits per heavy atom. The molecule has 102 valence electrons.